The number of carbonyl (C=O) groups is 1. The first-order chi connectivity index (χ1) is 8.70. The standard InChI is InChI=1S/C13H14ClN3O/c14-11-3-2-9-6-10(8-17-12(9)7-11)13(18)16-5-1-4-15/h2-3,6-8H,1,4-5,15H2,(H,16,18). The fourth-order valence-electron chi connectivity index (χ4n) is 1.62. The van der Waals surface area contributed by atoms with E-state index < -0.39 is 0 Å². The van der Waals surface area contributed by atoms with Crippen molar-refractivity contribution >= 4 is 28.4 Å². The molecule has 1 heterocycles. The van der Waals surface area contributed by atoms with Gasteiger partial charge in [0, 0.05) is 23.2 Å². The van der Waals surface area contributed by atoms with E-state index in [1.54, 1.807) is 24.4 Å². The van der Waals surface area contributed by atoms with Gasteiger partial charge in [0.25, 0.3) is 5.91 Å². The van der Waals surface area contributed by atoms with E-state index in [1.165, 1.54) is 0 Å². The Balaban J connectivity index is 2.19. The third kappa shape index (κ3) is 2.97. The molecule has 0 spiro atoms. The fourth-order valence-corrected chi connectivity index (χ4v) is 1.79. The monoisotopic (exact) mass is 263 g/mol. The number of pyridine rings is 1. The Morgan fingerprint density at radius 2 is 2.22 bits per heavy atom. The zero-order valence-corrected chi connectivity index (χ0v) is 10.6. The van der Waals surface area contributed by atoms with E-state index in [0.29, 0.717) is 23.7 Å². The highest BCUT2D eigenvalue weighted by atomic mass is 35.5. The Morgan fingerprint density at radius 1 is 1.39 bits per heavy atom. The number of nitrogens with one attached hydrogen (secondary N) is 1. The van der Waals surface area contributed by atoms with Gasteiger partial charge in [-0.3, -0.25) is 9.78 Å². The zero-order chi connectivity index (χ0) is 13.0. The molecule has 4 nitrogen and oxygen atoms in total. The molecular formula is C13H14ClN3O. The normalized spacial score (nSPS) is 10.6. The SMILES string of the molecule is NCCCNC(=O)c1cnc2cc(Cl)ccc2c1. The molecule has 1 aromatic carbocycles. The molecule has 3 N–H and O–H groups in total. The number of fused-ring (bicyclic) bond motifs is 1. The molecule has 0 aliphatic carbocycles. The largest absolute Gasteiger partial charge is 0.352 e. The molecule has 0 bridgehead atoms. The van der Waals surface area contributed by atoms with Crippen LogP contribution in [0.4, 0.5) is 0 Å². The lowest BCUT2D eigenvalue weighted by atomic mass is 10.1. The van der Waals surface area contributed by atoms with Crippen LogP contribution >= 0.6 is 11.6 Å². The lowest BCUT2D eigenvalue weighted by molar-refractivity contribution is 0.0953. The molecule has 0 aliphatic heterocycles. The van der Waals surface area contributed by atoms with Crippen LogP contribution in [0, 0.1) is 0 Å². The molecule has 0 radical (unpaired) electrons. The maximum absolute atomic E-state index is 11.8. The molecule has 1 aromatic heterocycles. The molecule has 0 saturated carbocycles. The van der Waals surface area contributed by atoms with Crippen molar-refractivity contribution in [3.8, 4) is 0 Å². The lowest BCUT2D eigenvalue weighted by Gasteiger charge is -2.05. The number of rotatable bonds is 4. The van der Waals surface area contributed by atoms with Crippen molar-refractivity contribution < 1.29 is 4.79 Å². The van der Waals surface area contributed by atoms with Crippen LogP contribution in [0.25, 0.3) is 10.9 Å². The topological polar surface area (TPSA) is 68.0 Å². The number of halogens is 1. The van der Waals surface area contributed by atoms with Crippen molar-refractivity contribution in [2.75, 3.05) is 13.1 Å². The number of amides is 1. The lowest BCUT2D eigenvalue weighted by Crippen LogP contribution is -2.26. The summed E-state index contributed by atoms with van der Waals surface area (Å²) in [5.74, 6) is -0.132. The molecule has 18 heavy (non-hydrogen) atoms. The highest BCUT2D eigenvalue weighted by Crippen LogP contribution is 2.18. The summed E-state index contributed by atoms with van der Waals surface area (Å²) in [6, 6.07) is 7.20. The molecule has 0 saturated heterocycles. The molecule has 0 fully saturated rings. The van der Waals surface area contributed by atoms with E-state index in [1.807, 2.05) is 6.07 Å². The zero-order valence-electron chi connectivity index (χ0n) is 9.82. The Hall–Kier alpha value is -1.65. The minimum absolute atomic E-state index is 0.132. The fraction of sp³-hybridized carbons (Fsp3) is 0.231. The predicted molar refractivity (Wildman–Crippen MR) is 72.8 cm³/mol. The summed E-state index contributed by atoms with van der Waals surface area (Å²) in [4.78, 5) is 16.0. The highest BCUT2D eigenvalue weighted by Gasteiger charge is 2.06. The minimum Gasteiger partial charge on any atom is -0.352 e. The predicted octanol–water partition coefficient (Wildman–Crippen LogP) is 1.97. The van der Waals surface area contributed by atoms with Crippen LogP contribution in [-0.4, -0.2) is 24.0 Å². The Bertz CT molecular complexity index is 571. The number of hydrogen-bond acceptors (Lipinski definition) is 3. The average molecular weight is 264 g/mol. The molecule has 1 amide bonds. The molecular weight excluding hydrogens is 250 g/mol. The molecule has 94 valence electrons. The third-order valence-electron chi connectivity index (χ3n) is 2.57. The summed E-state index contributed by atoms with van der Waals surface area (Å²) in [5, 5.41) is 4.32. The summed E-state index contributed by atoms with van der Waals surface area (Å²) < 4.78 is 0. The summed E-state index contributed by atoms with van der Waals surface area (Å²) >= 11 is 5.87. The number of hydrogen-bond donors (Lipinski definition) is 2. The Labute approximate surface area is 110 Å². The van der Waals surface area contributed by atoms with Crippen molar-refractivity contribution in [1.82, 2.24) is 10.3 Å². The smallest absolute Gasteiger partial charge is 0.252 e. The van der Waals surface area contributed by atoms with Gasteiger partial charge in [0.1, 0.15) is 0 Å². The molecule has 0 unspecified atom stereocenters. The summed E-state index contributed by atoms with van der Waals surface area (Å²) in [6.07, 6.45) is 2.32. The van der Waals surface area contributed by atoms with E-state index in [-0.39, 0.29) is 5.91 Å². The van der Waals surface area contributed by atoms with Crippen LogP contribution in [-0.2, 0) is 0 Å². The Morgan fingerprint density at radius 3 is 3.00 bits per heavy atom. The number of nitrogens with zero attached hydrogens (tertiary/aromatic N) is 1. The van der Waals surface area contributed by atoms with Gasteiger partial charge in [0.15, 0.2) is 0 Å². The van der Waals surface area contributed by atoms with Crippen LogP contribution in [0.5, 0.6) is 0 Å². The van der Waals surface area contributed by atoms with Gasteiger partial charge in [-0.2, -0.15) is 0 Å². The summed E-state index contributed by atoms with van der Waals surface area (Å²) in [6.45, 7) is 1.14. The van der Waals surface area contributed by atoms with Gasteiger partial charge in [0.05, 0.1) is 11.1 Å². The van der Waals surface area contributed by atoms with Crippen molar-refractivity contribution in [1.29, 1.82) is 0 Å². The van der Waals surface area contributed by atoms with Crippen molar-refractivity contribution in [2.45, 2.75) is 6.42 Å². The van der Waals surface area contributed by atoms with Crippen LogP contribution < -0.4 is 11.1 Å². The second-order valence-corrected chi connectivity index (χ2v) is 4.40. The maximum atomic E-state index is 11.8. The number of benzene rings is 1. The quantitative estimate of drug-likeness (QED) is 0.829. The molecule has 5 heteroatoms. The van der Waals surface area contributed by atoms with Gasteiger partial charge in [-0.1, -0.05) is 17.7 Å². The number of aromatic nitrogens is 1. The summed E-state index contributed by atoms with van der Waals surface area (Å²) in [7, 11) is 0. The van der Waals surface area contributed by atoms with Gasteiger partial charge in [-0.25, -0.2) is 0 Å². The number of carbonyl (C=O) groups excluding carboxylic acids is 1. The van der Waals surface area contributed by atoms with Crippen molar-refractivity contribution in [2.24, 2.45) is 5.73 Å². The van der Waals surface area contributed by atoms with Crippen molar-refractivity contribution in [3.63, 3.8) is 0 Å². The molecule has 0 atom stereocenters. The van der Waals surface area contributed by atoms with Gasteiger partial charge in [-0.05, 0) is 31.2 Å². The van der Waals surface area contributed by atoms with E-state index >= 15 is 0 Å². The van der Waals surface area contributed by atoms with Crippen molar-refractivity contribution in [3.05, 3.63) is 41.0 Å². The van der Waals surface area contributed by atoms with Crippen LogP contribution in [0.2, 0.25) is 5.02 Å². The minimum atomic E-state index is -0.132. The van der Waals surface area contributed by atoms with Gasteiger partial charge in [-0.15, -0.1) is 0 Å². The summed E-state index contributed by atoms with van der Waals surface area (Å²) in [5.41, 5.74) is 6.69. The molecule has 2 rings (SSSR count). The van der Waals surface area contributed by atoms with Gasteiger partial charge >= 0.3 is 0 Å². The molecule has 2 aromatic rings. The van der Waals surface area contributed by atoms with E-state index in [9.17, 15) is 4.79 Å². The second kappa shape index (κ2) is 5.80. The molecule has 0 aliphatic rings. The Kier molecular flexibility index (Phi) is 4.12. The first-order valence-electron chi connectivity index (χ1n) is 5.74. The first kappa shape index (κ1) is 12.8. The second-order valence-electron chi connectivity index (χ2n) is 3.96. The van der Waals surface area contributed by atoms with Gasteiger partial charge < -0.3 is 11.1 Å². The van der Waals surface area contributed by atoms with Crippen LogP contribution in [0.1, 0.15) is 16.8 Å². The van der Waals surface area contributed by atoms with Gasteiger partial charge in [0.2, 0.25) is 0 Å². The average Bonchev–Trinajstić information content (AvgIpc) is 2.38. The van der Waals surface area contributed by atoms with Crippen LogP contribution in [0.15, 0.2) is 30.5 Å². The van der Waals surface area contributed by atoms with E-state index in [4.69, 9.17) is 17.3 Å². The maximum Gasteiger partial charge on any atom is 0.252 e. The third-order valence-corrected chi connectivity index (χ3v) is 2.81. The van der Waals surface area contributed by atoms with E-state index in [2.05, 4.69) is 10.3 Å². The van der Waals surface area contributed by atoms with E-state index in [0.717, 1.165) is 17.3 Å². The first-order valence-corrected chi connectivity index (χ1v) is 6.12. The van der Waals surface area contributed by atoms with Crippen LogP contribution in [0.3, 0.4) is 0 Å². The number of nitrogens with two attached hydrogens (primary N) is 1. The highest BCUT2D eigenvalue weighted by molar-refractivity contribution is 6.31.